The van der Waals surface area contributed by atoms with Crippen molar-refractivity contribution in [3.05, 3.63) is 59.2 Å². The summed E-state index contributed by atoms with van der Waals surface area (Å²) >= 11 is 2.82. The van der Waals surface area contributed by atoms with E-state index in [1.807, 2.05) is 63.2 Å². The topological polar surface area (TPSA) is 66.9 Å². The summed E-state index contributed by atoms with van der Waals surface area (Å²) in [5.41, 5.74) is 5.20. The predicted molar refractivity (Wildman–Crippen MR) is 110 cm³/mol. The van der Waals surface area contributed by atoms with Crippen LogP contribution in [0.25, 0.3) is 0 Å². The molecule has 1 aromatic heterocycles. The highest BCUT2D eigenvalue weighted by Crippen LogP contribution is 2.28. The molecule has 1 heterocycles. The van der Waals surface area contributed by atoms with E-state index in [2.05, 4.69) is 20.8 Å². The maximum Gasteiger partial charge on any atom is 0.234 e. The van der Waals surface area contributed by atoms with Gasteiger partial charge in [-0.3, -0.25) is 4.79 Å². The van der Waals surface area contributed by atoms with Crippen molar-refractivity contribution in [2.75, 3.05) is 16.4 Å². The molecular formula is C19H20N4OS2. The number of anilines is 3. The lowest BCUT2D eigenvalue weighted by Gasteiger charge is -2.08. The van der Waals surface area contributed by atoms with Gasteiger partial charge in [-0.05, 0) is 50.1 Å². The van der Waals surface area contributed by atoms with Crippen LogP contribution in [-0.4, -0.2) is 21.9 Å². The molecule has 0 aliphatic heterocycles. The second-order valence-electron chi connectivity index (χ2n) is 6.02. The molecule has 0 bridgehead atoms. The molecule has 0 unspecified atom stereocenters. The first kappa shape index (κ1) is 18.4. The van der Waals surface area contributed by atoms with Crippen molar-refractivity contribution in [2.24, 2.45) is 0 Å². The summed E-state index contributed by atoms with van der Waals surface area (Å²) < 4.78 is 0.760. The first-order valence-corrected chi connectivity index (χ1v) is 9.97. The standard InChI is InChI=1S/C19H20N4OS2/c1-12-5-8-15(9-6-12)20-18-22-23-19(26-18)25-11-17(24)21-16-10-13(2)4-7-14(16)3/h4-10H,11H2,1-3H3,(H,20,22)(H,21,24). The number of rotatable bonds is 6. The van der Waals surface area contributed by atoms with Crippen LogP contribution in [-0.2, 0) is 4.79 Å². The van der Waals surface area contributed by atoms with Crippen LogP contribution in [0.1, 0.15) is 16.7 Å². The number of hydrogen-bond acceptors (Lipinski definition) is 6. The van der Waals surface area contributed by atoms with Crippen LogP contribution >= 0.6 is 23.1 Å². The van der Waals surface area contributed by atoms with E-state index in [0.29, 0.717) is 10.9 Å². The van der Waals surface area contributed by atoms with E-state index in [-0.39, 0.29) is 5.91 Å². The molecule has 3 aromatic rings. The van der Waals surface area contributed by atoms with Gasteiger partial charge in [-0.1, -0.05) is 52.9 Å². The SMILES string of the molecule is Cc1ccc(Nc2nnc(SCC(=O)Nc3cc(C)ccc3C)s2)cc1. The van der Waals surface area contributed by atoms with Crippen LogP contribution < -0.4 is 10.6 Å². The molecule has 5 nitrogen and oxygen atoms in total. The molecule has 0 saturated carbocycles. The highest BCUT2D eigenvalue weighted by Gasteiger charge is 2.10. The van der Waals surface area contributed by atoms with Crippen LogP contribution in [0.2, 0.25) is 0 Å². The number of hydrogen-bond donors (Lipinski definition) is 2. The molecule has 0 fully saturated rings. The van der Waals surface area contributed by atoms with E-state index in [0.717, 1.165) is 26.8 Å². The molecule has 2 N–H and O–H groups in total. The van der Waals surface area contributed by atoms with E-state index < -0.39 is 0 Å². The quantitative estimate of drug-likeness (QED) is 0.589. The average molecular weight is 385 g/mol. The molecule has 0 aliphatic rings. The Bertz CT molecular complexity index is 906. The zero-order chi connectivity index (χ0) is 18.5. The molecule has 0 aliphatic carbocycles. The van der Waals surface area contributed by atoms with Crippen LogP contribution in [0.3, 0.4) is 0 Å². The Labute approximate surface area is 161 Å². The smallest absolute Gasteiger partial charge is 0.234 e. The van der Waals surface area contributed by atoms with Crippen LogP contribution in [0.5, 0.6) is 0 Å². The van der Waals surface area contributed by atoms with Crippen molar-refractivity contribution in [1.29, 1.82) is 0 Å². The first-order chi connectivity index (χ1) is 12.5. The minimum Gasteiger partial charge on any atom is -0.330 e. The van der Waals surface area contributed by atoms with Gasteiger partial charge in [0.05, 0.1) is 5.75 Å². The van der Waals surface area contributed by atoms with Crippen molar-refractivity contribution >= 4 is 45.5 Å². The maximum absolute atomic E-state index is 12.2. The van der Waals surface area contributed by atoms with Gasteiger partial charge in [0.2, 0.25) is 11.0 Å². The number of aromatic nitrogens is 2. The van der Waals surface area contributed by atoms with Gasteiger partial charge >= 0.3 is 0 Å². The molecule has 0 spiro atoms. The monoisotopic (exact) mass is 384 g/mol. The summed E-state index contributed by atoms with van der Waals surface area (Å²) in [6, 6.07) is 14.1. The zero-order valence-electron chi connectivity index (χ0n) is 14.9. The van der Waals surface area contributed by atoms with Gasteiger partial charge in [0.15, 0.2) is 4.34 Å². The Morgan fingerprint density at radius 1 is 1.04 bits per heavy atom. The molecular weight excluding hydrogens is 364 g/mol. The minimum atomic E-state index is -0.0491. The van der Waals surface area contributed by atoms with Gasteiger partial charge in [0, 0.05) is 11.4 Å². The fraction of sp³-hybridized carbons (Fsp3) is 0.211. The van der Waals surface area contributed by atoms with Crippen molar-refractivity contribution < 1.29 is 4.79 Å². The zero-order valence-corrected chi connectivity index (χ0v) is 16.5. The molecule has 0 saturated heterocycles. The summed E-state index contributed by atoms with van der Waals surface area (Å²) in [4.78, 5) is 12.2. The third-order valence-electron chi connectivity index (χ3n) is 3.70. The number of carbonyl (C=O) groups excluding carboxylic acids is 1. The molecule has 26 heavy (non-hydrogen) atoms. The fourth-order valence-corrected chi connectivity index (χ4v) is 3.84. The van der Waals surface area contributed by atoms with Gasteiger partial charge in [0.1, 0.15) is 0 Å². The molecule has 1 amide bonds. The maximum atomic E-state index is 12.2. The number of nitrogens with zero attached hydrogens (tertiary/aromatic N) is 2. The molecule has 3 rings (SSSR count). The lowest BCUT2D eigenvalue weighted by atomic mass is 10.1. The van der Waals surface area contributed by atoms with E-state index >= 15 is 0 Å². The Kier molecular flexibility index (Phi) is 5.90. The van der Waals surface area contributed by atoms with E-state index in [9.17, 15) is 4.79 Å². The Morgan fingerprint density at radius 3 is 2.54 bits per heavy atom. The van der Waals surface area contributed by atoms with Crippen LogP contribution in [0.15, 0.2) is 46.8 Å². The summed E-state index contributed by atoms with van der Waals surface area (Å²) in [6.07, 6.45) is 0. The van der Waals surface area contributed by atoms with Gasteiger partial charge in [0.25, 0.3) is 0 Å². The lowest BCUT2D eigenvalue weighted by Crippen LogP contribution is -2.14. The normalized spacial score (nSPS) is 10.6. The molecule has 134 valence electrons. The number of thioether (sulfide) groups is 1. The molecule has 7 heteroatoms. The molecule has 0 radical (unpaired) electrons. The Balaban J connectivity index is 1.53. The number of aryl methyl sites for hydroxylation is 3. The average Bonchev–Trinajstić information content (AvgIpc) is 3.06. The van der Waals surface area contributed by atoms with E-state index in [1.165, 1.54) is 28.7 Å². The van der Waals surface area contributed by atoms with Crippen molar-refractivity contribution in [3.63, 3.8) is 0 Å². The van der Waals surface area contributed by atoms with Gasteiger partial charge in [-0.25, -0.2) is 0 Å². The second kappa shape index (κ2) is 8.33. The third kappa shape index (κ3) is 5.06. The van der Waals surface area contributed by atoms with E-state index in [4.69, 9.17) is 0 Å². The highest BCUT2D eigenvalue weighted by atomic mass is 32.2. The summed E-state index contributed by atoms with van der Waals surface area (Å²) in [6.45, 7) is 6.04. The van der Waals surface area contributed by atoms with E-state index in [1.54, 1.807) is 0 Å². The Morgan fingerprint density at radius 2 is 1.77 bits per heavy atom. The number of benzene rings is 2. The van der Waals surface area contributed by atoms with Crippen LogP contribution in [0, 0.1) is 20.8 Å². The van der Waals surface area contributed by atoms with Crippen LogP contribution in [0.4, 0.5) is 16.5 Å². The summed E-state index contributed by atoms with van der Waals surface area (Å²) in [7, 11) is 0. The fourth-order valence-electron chi connectivity index (χ4n) is 2.26. The number of amides is 1. The lowest BCUT2D eigenvalue weighted by molar-refractivity contribution is -0.113. The highest BCUT2D eigenvalue weighted by molar-refractivity contribution is 8.01. The largest absolute Gasteiger partial charge is 0.330 e. The first-order valence-electron chi connectivity index (χ1n) is 8.17. The van der Waals surface area contributed by atoms with Crippen molar-refractivity contribution in [3.8, 4) is 0 Å². The summed E-state index contributed by atoms with van der Waals surface area (Å²) in [5.74, 6) is 0.249. The van der Waals surface area contributed by atoms with Gasteiger partial charge in [-0.2, -0.15) is 0 Å². The van der Waals surface area contributed by atoms with Crippen molar-refractivity contribution in [2.45, 2.75) is 25.1 Å². The molecule has 2 aromatic carbocycles. The second-order valence-corrected chi connectivity index (χ2v) is 8.22. The number of nitrogens with one attached hydrogen (secondary N) is 2. The minimum absolute atomic E-state index is 0.0491. The third-order valence-corrected chi connectivity index (χ3v) is 5.68. The van der Waals surface area contributed by atoms with Crippen molar-refractivity contribution in [1.82, 2.24) is 10.2 Å². The van der Waals surface area contributed by atoms with Gasteiger partial charge < -0.3 is 10.6 Å². The summed E-state index contributed by atoms with van der Waals surface area (Å²) in [5, 5.41) is 15.1. The Hall–Kier alpha value is -2.38. The van der Waals surface area contributed by atoms with Gasteiger partial charge in [-0.15, -0.1) is 10.2 Å². The number of carbonyl (C=O) groups is 1. The predicted octanol–water partition coefficient (Wildman–Crippen LogP) is 4.94. The molecule has 0 atom stereocenters.